The molecule has 0 unspecified atom stereocenters. The van der Waals surface area contributed by atoms with Gasteiger partial charge in [0, 0.05) is 5.75 Å². The second-order valence-electron chi connectivity index (χ2n) is 2.82. The molecule has 0 amide bonds. The molecule has 0 fully saturated rings. The second kappa shape index (κ2) is 4.75. The number of aromatic carboxylic acids is 1. The van der Waals surface area contributed by atoms with E-state index in [1.165, 1.54) is 6.08 Å². The fourth-order valence-corrected chi connectivity index (χ4v) is 1.19. The number of rotatable bonds is 3. The lowest BCUT2D eigenvalue weighted by Crippen LogP contribution is -1.96. The van der Waals surface area contributed by atoms with Crippen molar-refractivity contribution in [1.82, 2.24) is 0 Å². The molecule has 0 radical (unpaired) electrons. The van der Waals surface area contributed by atoms with E-state index < -0.39 is 5.97 Å². The van der Waals surface area contributed by atoms with Gasteiger partial charge in [0.25, 0.3) is 0 Å². The lowest BCUT2D eigenvalue weighted by Gasteiger charge is -2.04. The van der Waals surface area contributed by atoms with Crippen molar-refractivity contribution < 1.29 is 20.1 Å². The van der Waals surface area contributed by atoms with Crippen LogP contribution >= 0.6 is 12.6 Å². The number of phenols is 2. The molecular weight excluding hydrogens is 216 g/mol. The van der Waals surface area contributed by atoms with Crippen LogP contribution in [-0.2, 0) is 0 Å². The van der Waals surface area contributed by atoms with E-state index in [1.807, 2.05) is 0 Å². The maximum Gasteiger partial charge on any atom is 0.335 e. The molecule has 0 heterocycles. The SMILES string of the molecule is O=C(O)c1cc(O)c(C=CCS)c(O)c1. The highest BCUT2D eigenvalue weighted by Gasteiger charge is 2.11. The number of thiol groups is 1. The average Bonchev–Trinajstić information content (AvgIpc) is 2.16. The molecule has 5 heteroatoms. The van der Waals surface area contributed by atoms with E-state index in [2.05, 4.69) is 12.6 Å². The molecule has 15 heavy (non-hydrogen) atoms. The molecule has 1 aromatic rings. The Hall–Kier alpha value is -1.62. The summed E-state index contributed by atoms with van der Waals surface area (Å²) in [5, 5.41) is 27.5. The van der Waals surface area contributed by atoms with Crippen molar-refractivity contribution in [2.75, 3.05) is 5.75 Å². The lowest BCUT2D eigenvalue weighted by atomic mass is 10.1. The summed E-state index contributed by atoms with van der Waals surface area (Å²) in [7, 11) is 0. The minimum Gasteiger partial charge on any atom is -0.507 e. The number of carbonyl (C=O) groups is 1. The first-order chi connectivity index (χ1) is 7.06. The molecule has 0 spiro atoms. The van der Waals surface area contributed by atoms with Gasteiger partial charge in [-0.1, -0.05) is 12.2 Å². The van der Waals surface area contributed by atoms with E-state index in [4.69, 9.17) is 5.11 Å². The van der Waals surface area contributed by atoms with E-state index in [-0.39, 0.29) is 22.6 Å². The van der Waals surface area contributed by atoms with Gasteiger partial charge in [-0.3, -0.25) is 0 Å². The highest BCUT2D eigenvalue weighted by molar-refractivity contribution is 7.80. The summed E-state index contributed by atoms with van der Waals surface area (Å²) in [5.41, 5.74) is 0.0297. The quantitative estimate of drug-likeness (QED) is 0.592. The minimum atomic E-state index is -1.20. The molecule has 0 aliphatic heterocycles. The van der Waals surface area contributed by atoms with Gasteiger partial charge in [0.05, 0.1) is 11.1 Å². The van der Waals surface area contributed by atoms with Crippen molar-refractivity contribution in [3.63, 3.8) is 0 Å². The summed E-state index contributed by atoms with van der Waals surface area (Å²) >= 11 is 3.93. The molecule has 80 valence electrons. The lowest BCUT2D eigenvalue weighted by molar-refractivity contribution is 0.0696. The largest absolute Gasteiger partial charge is 0.507 e. The Labute approximate surface area is 91.9 Å². The van der Waals surface area contributed by atoms with E-state index in [9.17, 15) is 15.0 Å². The number of hydrogen-bond acceptors (Lipinski definition) is 4. The van der Waals surface area contributed by atoms with E-state index in [1.54, 1.807) is 6.08 Å². The van der Waals surface area contributed by atoms with Crippen molar-refractivity contribution in [1.29, 1.82) is 0 Å². The van der Waals surface area contributed by atoms with Crippen molar-refractivity contribution >= 4 is 24.7 Å². The summed E-state index contributed by atoms with van der Waals surface area (Å²) < 4.78 is 0. The van der Waals surface area contributed by atoms with Gasteiger partial charge in [0.1, 0.15) is 11.5 Å². The minimum absolute atomic E-state index is 0.159. The number of carboxylic acid groups (broad SMARTS) is 1. The standard InChI is InChI=1S/C10H10O4S/c11-8-4-6(10(13)14)5-9(12)7(8)2-1-3-15/h1-2,4-5,11-12,15H,3H2,(H,13,14). The number of phenolic OH excluding ortho intramolecular Hbond substituents is 2. The molecular formula is C10H10O4S. The van der Waals surface area contributed by atoms with E-state index >= 15 is 0 Å². The Morgan fingerprint density at radius 1 is 1.33 bits per heavy atom. The number of benzene rings is 1. The predicted molar refractivity (Wildman–Crippen MR) is 59.6 cm³/mol. The summed E-state index contributed by atoms with van der Waals surface area (Å²) in [6, 6.07) is 2.17. The van der Waals surface area contributed by atoms with Crippen molar-refractivity contribution in [3.05, 3.63) is 29.3 Å². The summed E-state index contributed by atoms with van der Waals surface area (Å²) in [5.74, 6) is -1.29. The molecule has 0 atom stereocenters. The van der Waals surface area contributed by atoms with Gasteiger partial charge in [0.15, 0.2) is 0 Å². The van der Waals surface area contributed by atoms with Gasteiger partial charge < -0.3 is 15.3 Å². The third-order valence-corrected chi connectivity index (χ3v) is 1.98. The summed E-state index contributed by atoms with van der Waals surface area (Å²) in [4.78, 5) is 10.6. The first kappa shape index (κ1) is 11.5. The maximum atomic E-state index is 10.6. The zero-order valence-corrected chi connectivity index (χ0v) is 8.61. The van der Waals surface area contributed by atoms with E-state index in [0.717, 1.165) is 12.1 Å². The van der Waals surface area contributed by atoms with Crippen LogP contribution < -0.4 is 0 Å². The van der Waals surface area contributed by atoms with Crippen LogP contribution in [0.5, 0.6) is 11.5 Å². The molecule has 0 bridgehead atoms. The first-order valence-electron chi connectivity index (χ1n) is 4.13. The van der Waals surface area contributed by atoms with Gasteiger partial charge in [-0.05, 0) is 12.1 Å². The Morgan fingerprint density at radius 2 is 1.87 bits per heavy atom. The van der Waals surface area contributed by atoms with Crippen molar-refractivity contribution in [3.8, 4) is 11.5 Å². The highest BCUT2D eigenvalue weighted by atomic mass is 32.1. The van der Waals surface area contributed by atoms with Gasteiger partial charge in [0.2, 0.25) is 0 Å². The molecule has 0 saturated carbocycles. The molecule has 3 N–H and O–H groups in total. The third-order valence-electron chi connectivity index (χ3n) is 1.77. The average molecular weight is 226 g/mol. The first-order valence-corrected chi connectivity index (χ1v) is 4.76. The Morgan fingerprint density at radius 3 is 2.27 bits per heavy atom. The monoisotopic (exact) mass is 226 g/mol. The topological polar surface area (TPSA) is 77.8 Å². The number of hydrogen-bond donors (Lipinski definition) is 4. The number of aromatic hydroxyl groups is 2. The van der Waals surface area contributed by atoms with E-state index in [0.29, 0.717) is 5.75 Å². The maximum absolute atomic E-state index is 10.6. The van der Waals surface area contributed by atoms with Crippen LogP contribution in [0.4, 0.5) is 0 Å². The number of carboxylic acids is 1. The Balaban J connectivity index is 3.21. The zero-order chi connectivity index (χ0) is 11.4. The second-order valence-corrected chi connectivity index (χ2v) is 3.18. The van der Waals surface area contributed by atoms with Gasteiger partial charge in [-0.25, -0.2) is 4.79 Å². The zero-order valence-electron chi connectivity index (χ0n) is 7.71. The fraction of sp³-hybridized carbons (Fsp3) is 0.100. The van der Waals surface area contributed by atoms with Crippen LogP contribution in [0.3, 0.4) is 0 Å². The molecule has 4 nitrogen and oxygen atoms in total. The summed E-state index contributed by atoms with van der Waals surface area (Å²) in [6.45, 7) is 0. The van der Waals surface area contributed by atoms with Crippen LogP contribution in [0.2, 0.25) is 0 Å². The molecule has 0 aliphatic rings. The fourth-order valence-electron chi connectivity index (χ4n) is 1.09. The van der Waals surface area contributed by atoms with Crippen molar-refractivity contribution in [2.24, 2.45) is 0 Å². The van der Waals surface area contributed by atoms with Crippen LogP contribution in [-0.4, -0.2) is 27.0 Å². The Bertz CT molecular complexity index is 389. The van der Waals surface area contributed by atoms with Gasteiger partial charge >= 0.3 is 5.97 Å². The van der Waals surface area contributed by atoms with Crippen LogP contribution in [0.15, 0.2) is 18.2 Å². The molecule has 0 aromatic heterocycles. The molecule has 0 saturated heterocycles. The normalized spacial score (nSPS) is 10.7. The van der Waals surface area contributed by atoms with Crippen LogP contribution in [0, 0.1) is 0 Å². The highest BCUT2D eigenvalue weighted by Crippen LogP contribution is 2.30. The van der Waals surface area contributed by atoms with Gasteiger partial charge in [-0.2, -0.15) is 12.6 Å². The molecule has 0 aliphatic carbocycles. The van der Waals surface area contributed by atoms with Crippen LogP contribution in [0.25, 0.3) is 6.08 Å². The molecule has 1 aromatic carbocycles. The van der Waals surface area contributed by atoms with Gasteiger partial charge in [-0.15, -0.1) is 0 Å². The molecule has 1 rings (SSSR count). The third kappa shape index (κ3) is 2.66. The Kier molecular flexibility index (Phi) is 3.62. The smallest absolute Gasteiger partial charge is 0.335 e. The predicted octanol–water partition coefficient (Wildman–Crippen LogP) is 1.74. The van der Waals surface area contributed by atoms with Crippen LogP contribution in [0.1, 0.15) is 15.9 Å². The summed E-state index contributed by atoms with van der Waals surface area (Å²) in [6.07, 6.45) is 3.10. The van der Waals surface area contributed by atoms with Crippen molar-refractivity contribution in [2.45, 2.75) is 0 Å².